The zero-order valence-corrected chi connectivity index (χ0v) is 17.7. The maximum absolute atomic E-state index is 13.1. The average Bonchev–Trinajstić information content (AvgIpc) is 3.24. The van der Waals surface area contributed by atoms with Gasteiger partial charge in [-0.25, -0.2) is 19.3 Å². The number of aromatic nitrogens is 2. The molecule has 0 radical (unpaired) electrons. The molecular formula is C23H20N4O6. The second kappa shape index (κ2) is 8.24. The van der Waals surface area contributed by atoms with Crippen LogP contribution in [0.25, 0.3) is 11.8 Å². The number of hydrogen-bond donors (Lipinski definition) is 4. The molecule has 0 bridgehead atoms. The highest BCUT2D eigenvalue weighted by atomic mass is 16.4. The van der Waals surface area contributed by atoms with Crippen molar-refractivity contribution in [3.8, 4) is 5.69 Å². The van der Waals surface area contributed by atoms with E-state index in [9.17, 15) is 29.7 Å². The Kier molecular flexibility index (Phi) is 5.44. The Bertz CT molecular complexity index is 1400. The molecule has 1 atom stereocenters. The van der Waals surface area contributed by atoms with Crippen LogP contribution in [-0.4, -0.2) is 49.0 Å². The largest absolute Gasteiger partial charge is 0.478 e. The summed E-state index contributed by atoms with van der Waals surface area (Å²) in [5.41, 5.74) is 2.05. The molecule has 1 aliphatic rings. The van der Waals surface area contributed by atoms with E-state index in [0.717, 1.165) is 0 Å². The molecular weight excluding hydrogens is 428 g/mol. The monoisotopic (exact) mass is 448 g/mol. The van der Waals surface area contributed by atoms with E-state index in [1.807, 2.05) is 0 Å². The molecule has 0 spiro atoms. The van der Waals surface area contributed by atoms with E-state index >= 15 is 0 Å². The molecule has 1 aliphatic heterocycles. The predicted octanol–water partition coefficient (Wildman–Crippen LogP) is 2.47. The Hall–Kier alpha value is -4.44. The summed E-state index contributed by atoms with van der Waals surface area (Å²) in [4.78, 5) is 35.6. The fraction of sp³-hybridized carbons (Fsp3) is 0.130. The highest BCUT2D eigenvalue weighted by Crippen LogP contribution is 2.28. The number of rotatable bonds is 5. The SMILES string of the molecule is CC1=NN(c2cccc(C(=O)O)c2)[C@@H](O)/C1=C\c1c(C)[nH]n(-c2cccc(C(=O)O)c2)c1=O. The third-order valence-electron chi connectivity index (χ3n) is 5.31. The summed E-state index contributed by atoms with van der Waals surface area (Å²) in [7, 11) is 0. The van der Waals surface area contributed by atoms with Gasteiger partial charge < -0.3 is 15.3 Å². The van der Waals surface area contributed by atoms with Crippen molar-refractivity contribution in [1.29, 1.82) is 0 Å². The number of aryl methyl sites for hydroxylation is 1. The summed E-state index contributed by atoms with van der Waals surface area (Å²) in [6.45, 7) is 3.36. The third kappa shape index (κ3) is 3.94. The highest BCUT2D eigenvalue weighted by molar-refractivity contribution is 6.06. The Labute approximate surface area is 187 Å². The number of carboxylic acid groups (broad SMARTS) is 2. The Morgan fingerprint density at radius 2 is 1.58 bits per heavy atom. The Morgan fingerprint density at radius 1 is 1.00 bits per heavy atom. The van der Waals surface area contributed by atoms with E-state index < -0.39 is 23.7 Å². The first-order valence-electron chi connectivity index (χ1n) is 9.90. The molecule has 4 N–H and O–H groups in total. The number of benzene rings is 2. The standard InChI is InChI=1S/C23H20N4O6/c1-12-18(20(28)26(24-12)16-7-3-5-14(9-16)22(30)31)11-19-13(2)25-27(21(19)29)17-8-4-6-15(10-17)23(32)33/h3-11,20,25,28H,1-2H3,(H,30,31)(H,32,33)/b18-11-/t20-/m0/s1. The summed E-state index contributed by atoms with van der Waals surface area (Å²) in [6.07, 6.45) is 0.294. The number of aliphatic hydroxyl groups excluding tert-OH is 1. The van der Waals surface area contributed by atoms with Gasteiger partial charge in [0.1, 0.15) is 0 Å². The second-order valence-corrected chi connectivity index (χ2v) is 7.51. The zero-order chi connectivity index (χ0) is 23.9. The van der Waals surface area contributed by atoms with E-state index in [2.05, 4.69) is 10.2 Å². The summed E-state index contributed by atoms with van der Waals surface area (Å²) in [6, 6.07) is 12.0. The van der Waals surface area contributed by atoms with Crippen LogP contribution >= 0.6 is 0 Å². The van der Waals surface area contributed by atoms with Crippen LogP contribution in [0.1, 0.15) is 38.9 Å². The van der Waals surface area contributed by atoms with Crippen LogP contribution in [0.2, 0.25) is 0 Å². The molecule has 4 rings (SSSR count). The minimum atomic E-state index is -1.23. The number of aliphatic hydroxyl groups is 1. The fourth-order valence-corrected chi connectivity index (χ4v) is 3.60. The number of anilines is 1. The van der Waals surface area contributed by atoms with E-state index in [0.29, 0.717) is 28.4 Å². The minimum Gasteiger partial charge on any atom is -0.478 e. The van der Waals surface area contributed by atoms with Crippen molar-refractivity contribution in [3.63, 3.8) is 0 Å². The highest BCUT2D eigenvalue weighted by Gasteiger charge is 2.30. The topological polar surface area (TPSA) is 148 Å². The second-order valence-electron chi connectivity index (χ2n) is 7.51. The van der Waals surface area contributed by atoms with Crippen molar-refractivity contribution in [2.24, 2.45) is 5.10 Å². The van der Waals surface area contributed by atoms with E-state index in [-0.39, 0.29) is 16.7 Å². The first-order valence-corrected chi connectivity index (χ1v) is 9.90. The number of hydrazone groups is 1. The van der Waals surface area contributed by atoms with E-state index in [1.165, 1.54) is 40.0 Å². The lowest BCUT2D eigenvalue weighted by Crippen LogP contribution is -2.27. The summed E-state index contributed by atoms with van der Waals surface area (Å²) >= 11 is 0. The van der Waals surface area contributed by atoms with Gasteiger partial charge in [0.25, 0.3) is 5.56 Å². The molecule has 0 aliphatic carbocycles. The molecule has 0 fully saturated rings. The molecule has 0 unspecified atom stereocenters. The van der Waals surface area contributed by atoms with E-state index in [4.69, 9.17) is 0 Å². The van der Waals surface area contributed by atoms with Crippen LogP contribution in [0.5, 0.6) is 0 Å². The van der Waals surface area contributed by atoms with Gasteiger partial charge in [-0.05, 0) is 56.3 Å². The van der Waals surface area contributed by atoms with Crippen molar-refractivity contribution in [2.75, 3.05) is 5.01 Å². The number of nitrogens with one attached hydrogen (secondary N) is 1. The third-order valence-corrected chi connectivity index (χ3v) is 5.31. The molecule has 0 saturated heterocycles. The van der Waals surface area contributed by atoms with E-state index in [1.54, 1.807) is 38.1 Å². The molecule has 10 heteroatoms. The van der Waals surface area contributed by atoms with Gasteiger partial charge in [-0.3, -0.25) is 9.89 Å². The first-order chi connectivity index (χ1) is 15.7. The molecule has 2 aromatic carbocycles. The molecule has 10 nitrogen and oxygen atoms in total. The van der Waals surface area contributed by atoms with Crippen LogP contribution in [0.4, 0.5) is 5.69 Å². The molecule has 33 heavy (non-hydrogen) atoms. The van der Waals surface area contributed by atoms with Crippen molar-refractivity contribution < 1.29 is 24.9 Å². The summed E-state index contributed by atoms with van der Waals surface area (Å²) in [5, 5.41) is 37.9. The van der Waals surface area contributed by atoms with Gasteiger partial charge in [0.05, 0.1) is 33.8 Å². The van der Waals surface area contributed by atoms with Gasteiger partial charge in [0.2, 0.25) is 0 Å². The number of nitrogens with zero attached hydrogens (tertiary/aromatic N) is 3. The van der Waals surface area contributed by atoms with Crippen LogP contribution in [0.15, 0.2) is 64.0 Å². The number of aromatic carboxylic acids is 2. The molecule has 1 aromatic heterocycles. The summed E-state index contributed by atoms with van der Waals surface area (Å²) in [5.74, 6) is -2.21. The number of H-pyrrole nitrogens is 1. The van der Waals surface area contributed by atoms with Crippen LogP contribution in [0.3, 0.4) is 0 Å². The zero-order valence-electron chi connectivity index (χ0n) is 17.7. The van der Waals surface area contributed by atoms with Crippen LogP contribution < -0.4 is 10.6 Å². The maximum atomic E-state index is 13.1. The molecule has 3 aromatic rings. The Morgan fingerprint density at radius 3 is 2.18 bits per heavy atom. The van der Waals surface area contributed by atoms with Gasteiger partial charge in [0, 0.05) is 11.3 Å². The quantitative estimate of drug-likeness (QED) is 0.468. The lowest BCUT2D eigenvalue weighted by molar-refractivity contribution is 0.0686. The smallest absolute Gasteiger partial charge is 0.335 e. The molecule has 168 valence electrons. The van der Waals surface area contributed by atoms with Crippen LogP contribution in [0, 0.1) is 6.92 Å². The minimum absolute atomic E-state index is 0.0417. The van der Waals surface area contributed by atoms with Crippen molar-refractivity contribution >= 4 is 29.4 Å². The predicted molar refractivity (Wildman–Crippen MR) is 121 cm³/mol. The number of carbonyl (C=O) groups is 2. The number of aromatic amines is 1. The van der Waals surface area contributed by atoms with Crippen molar-refractivity contribution in [1.82, 2.24) is 9.78 Å². The fourth-order valence-electron chi connectivity index (χ4n) is 3.60. The lowest BCUT2D eigenvalue weighted by atomic mass is 10.1. The van der Waals surface area contributed by atoms with Gasteiger partial charge in [-0.1, -0.05) is 12.1 Å². The average molecular weight is 448 g/mol. The van der Waals surface area contributed by atoms with Gasteiger partial charge in [-0.2, -0.15) is 5.10 Å². The van der Waals surface area contributed by atoms with Crippen LogP contribution in [-0.2, 0) is 0 Å². The molecule has 0 saturated carbocycles. The van der Waals surface area contributed by atoms with Crippen molar-refractivity contribution in [2.45, 2.75) is 20.1 Å². The first kappa shape index (κ1) is 21.8. The van der Waals surface area contributed by atoms with Gasteiger partial charge in [-0.15, -0.1) is 0 Å². The van der Waals surface area contributed by atoms with Gasteiger partial charge in [0.15, 0.2) is 6.23 Å². The van der Waals surface area contributed by atoms with Crippen molar-refractivity contribution in [3.05, 3.63) is 86.8 Å². The molecule has 2 heterocycles. The summed E-state index contributed by atoms with van der Waals surface area (Å²) < 4.78 is 1.23. The number of hydrogen-bond acceptors (Lipinski definition) is 6. The Balaban J connectivity index is 1.72. The normalized spacial score (nSPS) is 16.8. The van der Waals surface area contributed by atoms with Gasteiger partial charge >= 0.3 is 11.9 Å². The lowest BCUT2D eigenvalue weighted by Gasteiger charge is -2.20. The molecule has 0 amide bonds. The number of carboxylic acids is 2. The maximum Gasteiger partial charge on any atom is 0.335 e.